The molecule has 0 saturated heterocycles. The Hall–Kier alpha value is -1.27. The van der Waals surface area contributed by atoms with Gasteiger partial charge < -0.3 is 9.30 Å². The first-order chi connectivity index (χ1) is 8.24. The fraction of sp³-hybridized carbons (Fsp3) is 0.273. The molecule has 4 nitrogen and oxygen atoms in total. The van der Waals surface area contributed by atoms with E-state index in [0.717, 1.165) is 0 Å². The molecule has 17 heavy (non-hydrogen) atoms. The van der Waals surface area contributed by atoms with Gasteiger partial charge in [-0.3, -0.25) is 0 Å². The Morgan fingerprint density at radius 3 is 3.06 bits per heavy atom. The second-order valence-electron chi connectivity index (χ2n) is 3.44. The Bertz CT molecular complexity index is 515. The van der Waals surface area contributed by atoms with E-state index in [-0.39, 0.29) is 5.82 Å². The van der Waals surface area contributed by atoms with Crippen molar-refractivity contribution in [1.29, 1.82) is 0 Å². The first-order valence-corrected chi connectivity index (χ1v) is 5.84. The number of benzene rings is 1. The average molecular weight is 300 g/mol. The van der Waals surface area contributed by atoms with Crippen LogP contribution in [0.3, 0.4) is 0 Å². The maximum absolute atomic E-state index is 13.9. The van der Waals surface area contributed by atoms with E-state index in [4.69, 9.17) is 4.74 Å². The highest BCUT2D eigenvalue weighted by molar-refractivity contribution is 9.10. The van der Waals surface area contributed by atoms with E-state index in [2.05, 4.69) is 26.1 Å². The molecule has 0 aliphatic heterocycles. The monoisotopic (exact) mass is 299 g/mol. The lowest BCUT2D eigenvalue weighted by atomic mass is 10.2. The Kier molecular flexibility index (Phi) is 3.86. The van der Waals surface area contributed by atoms with Crippen LogP contribution in [0.1, 0.15) is 0 Å². The maximum Gasteiger partial charge on any atom is 0.166 e. The Balaban J connectivity index is 2.39. The fourth-order valence-electron chi connectivity index (χ4n) is 1.49. The van der Waals surface area contributed by atoms with E-state index >= 15 is 0 Å². The molecule has 2 aromatic rings. The fourth-order valence-corrected chi connectivity index (χ4v) is 1.86. The summed E-state index contributed by atoms with van der Waals surface area (Å²) < 4.78 is 21.1. The predicted molar refractivity (Wildman–Crippen MR) is 65.0 cm³/mol. The van der Waals surface area contributed by atoms with Crippen molar-refractivity contribution in [3.05, 3.63) is 34.8 Å². The van der Waals surface area contributed by atoms with Crippen LogP contribution in [-0.2, 0) is 11.3 Å². The minimum atomic E-state index is -0.334. The second kappa shape index (κ2) is 5.37. The van der Waals surface area contributed by atoms with Gasteiger partial charge in [-0.15, -0.1) is 10.2 Å². The summed E-state index contributed by atoms with van der Waals surface area (Å²) in [5, 5.41) is 7.74. The third kappa shape index (κ3) is 2.53. The van der Waals surface area contributed by atoms with Gasteiger partial charge in [-0.2, -0.15) is 0 Å². The van der Waals surface area contributed by atoms with Crippen LogP contribution in [0.15, 0.2) is 29.0 Å². The molecule has 0 atom stereocenters. The molecule has 6 heteroatoms. The lowest BCUT2D eigenvalue weighted by molar-refractivity contribution is 0.187. The van der Waals surface area contributed by atoms with Gasteiger partial charge in [0.2, 0.25) is 0 Å². The Morgan fingerprint density at radius 2 is 2.29 bits per heavy atom. The molecule has 0 saturated carbocycles. The molecular weight excluding hydrogens is 289 g/mol. The number of hydrogen-bond donors (Lipinski definition) is 0. The normalized spacial score (nSPS) is 10.8. The highest BCUT2D eigenvalue weighted by atomic mass is 79.9. The molecule has 0 aliphatic rings. The average Bonchev–Trinajstić information content (AvgIpc) is 2.78. The number of nitrogens with zero attached hydrogens (tertiary/aromatic N) is 3. The van der Waals surface area contributed by atoms with Crippen molar-refractivity contribution in [2.45, 2.75) is 6.54 Å². The molecule has 90 valence electrons. The van der Waals surface area contributed by atoms with Crippen molar-refractivity contribution in [3.63, 3.8) is 0 Å². The molecule has 0 bridgehead atoms. The van der Waals surface area contributed by atoms with Crippen molar-refractivity contribution in [1.82, 2.24) is 14.8 Å². The minimum Gasteiger partial charge on any atom is -0.383 e. The molecule has 0 amide bonds. The summed E-state index contributed by atoms with van der Waals surface area (Å²) >= 11 is 3.15. The molecule has 1 heterocycles. The SMILES string of the molecule is COCCn1cnnc1-c1cccc(Br)c1F. The van der Waals surface area contributed by atoms with Crippen LogP contribution in [-0.4, -0.2) is 28.5 Å². The first kappa shape index (κ1) is 12.2. The van der Waals surface area contributed by atoms with Gasteiger partial charge in [-0.1, -0.05) is 6.07 Å². The van der Waals surface area contributed by atoms with E-state index in [1.807, 2.05) is 0 Å². The molecule has 0 radical (unpaired) electrons. The van der Waals surface area contributed by atoms with Crippen molar-refractivity contribution in [3.8, 4) is 11.4 Å². The van der Waals surface area contributed by atoms with Crippen LogP contribution in [0.2, 0.25) is 0 Å². The standard InChI is InChI=1S/C11H11BrFN3O/c1-17-6-5-16-7-14-15-11(16)8-3-2-4-9(12)10(8)13/h2-4,7H,5-6H2,1H3. The zero-order chi connectivity index (χ0) is 12.3. The molecule has 0 fully saturated rings. The van der Waals surface area contributed by atoms with Gasteiger partial charge in [0.05, 0.1) is 16.6 Å². The highest BCUT2D eigenvalue weighted by Crippen LogP contribution is 2.26. The maximum atomic E-state index is 13.9. The zero-order valence-electron chi connectivity index (χ0n) is 9.23. The van der Waals surface area contributed by atoms with Crippen molar-refractivity contribution in [2.75, 3.05) is 13.7 Å². The van der Waals surface area contributed by atoms with Gasteiger partial charge in [-0.05, 0) is 28.1 Å². The lowest BCUT2D eigenvalue weighted by Gasteiger charge is -2.07. The van der Waals surface area contributed by atoms with Crippen molar-refractivity contribution in [2.24, 2.45) is 0 Å². The van der Waals surface area contributed by atoms with Crippen LogP contribution in [0.4, 0.5) is 4.39 Å². The van der Waals surface area contributed by atoms with Gasteiger partial charge in [0, 0.05) is 13.7 Å². The smallest absolute Gasteiger partial charge is 0.166 e. The van der Waals surface area contributed by atoms with Gasteiger partial charge >= 0.3 is 0 Å². The number of hydrogen-bond acceptors (Lipinski definition) is 3. The van der Waals surface area contributed by atoms with Gasteiger partial charge in [-0.25, -0.2) is 4.39 Å². The molecule has 1 aromatic heterocycles. The van der Waals surface area contributed by atoms with Gasteiger partial charge in [0.15, 0.2) is 5.82 Å². The summed E-state index contributed by atoms with van der Waals surface area (Å²) in [6.07, 6.45) is 1.56. The molecule has 1 aromatic carbocycles. The van der Waals surface area contributed by atoms with Crippen LogP contribution in [0.5, 0.6) is 0 Å². The summed E-state index contributed by atoms with van der Waals surface area (Å²) in [7, 11) is 1.61. The van der Waals surface area contributed by atoms with Crippen LogP contribution in [0, 0.1) is 5.82 Å². The Morgan fingerprint density at radius 1 is 1.47 bits per heavy atom. The number of ether oxygens (including phenoxy) is 1. The van der Waals surface area contributed by atoms with Crippen LogP contribution >= 0.6 is 15.9 Å². The van der Waals surface area contributed by atoms with Crippen molar-refractivity contribution < 1.29 is 9.13 Å². The van der Waals surface area contributed by atoms with Crippen molar-refractivity contribution >= 4 is 15.9 Å². The van der Waals surface area contributed by atoms with Crippen LogP contribution < -0.4 is 0 Å². The van der Waals surface area contributed by atoms with E-state index in [9.17, 15) is 4.39 Å². The molecule has 0 spiro atoms. The summed E-state index contributed by atoms with van der Waals surface area (Å²) in [6.45, 7) is 1.12. The second-order valence-corrected chi connectivity index (χ2v) is 4.30. The van der Waals surface area contributed by atoms with E-state index in [0.29, 0.717) is 29.0 Å². The Labute approximate surface area is 107 Å². The van der Waals surface area contributed by atoms with Crippen LogP contribution in [0.25, 0.3) is 11.4 Å². The summed E-state index contributed by atoms with van der Waals surface area (Å²) in [4.78, 5) is 0. The highest BCUT2D eigenvalue weighted by Gasteiger charge is 2.13. The number of rotatable bonds is 4. The summed E-state index contributed by atoms with van der Waals surface area (Å²) in [6, 6.07) is 5.08. The molecule has 2 rings (SSSR count). The topological polar surface area (TPSA) is 39.9 Å². The largest absolute Gasteiger partial charge is 0.383 e. The minimum absolute atomic E-state index is 0.334. The third-order valence-electron chi connectivity index (χ3n) is 2.34. The molecule has 0 unspecified atom stereocenters. The van der Waals surface area contributed by atoms with Gasteiger partial charge in [0.25, 0.3) is 0 Å². The lowest BCUT2D eigenvalue weighted by Crippen LogP contribution is -2.05. The van der Waals surface area contributed by atoms with E-state index in [1.54, 1.807) is 36.2 Å². The number of halogens is 2. The summed E-state index contributed by atoms with van der Waals surface area (Å²) in [5.74, 6) is 0.167. The first-order valence-electron chi connectivity index (χ1n) is 5.05. The van der Waals surface area contributed by atoms with E-state index < -0.39 is 0 Å². The van der Waals surface area contributed by atoms with Gasteiger partial charge in [0.1, 0.15) is 12.1 Å². The molecular formula is C11H11BrFN3O. The molecule has 0 N–H and O–H groups in total. The quantitative estimate of drug-likeness (QED) is 0.871. The summed E-state index contributed by atoms with van der Waals surface area (Å²) in [5.41, 5.74) is 0.424. The molecule has 0 aliphatic carbocycles. The zero-order valence-corrected chi connectivity index (χ0v) is 10.8. The predicted octanol–water partition coefficient (Wildman–Crippen LogP) is 2.49. The third-order valence-corrected chi connectivity index (χ3v) is 2.96. The number of methoxy groups -OCH3 is 1. The van der Waals surface area contributed by atoms with E-state index in [1.165, 1.54) is 0 Å². The number of aromatic nitrogens is 3.